The zero-order valence-corrected chi connectivity index (χ0v) is 11.2. The number of carbonyl (C=O) groups is 1. The summed E-state index contributed by atoms with van der Waals surface area (Å²) in [7, 11) is 0. The molecule has 108 valence electrons. The zero-order valence-electron chi connectivity index (χ0n) is 11.2. The predicted molar refractivity (Wildman–Crippen MR) is 71.2 cm³/mol. The van der Waals surface area contributed by atoms with Crippen molar-refractivity contribution in [2.24, 2.45) is 5.92 Å². The first kappa shape index (κ1) is 13.5. The number of nitrogens with two attached hydrogens (primary N) is 1. The molecule has 2 aromatic heterocycles. The molecule has 1 fully saturated rings. The van der Waals surface area contributed by atoms with Crippen LogP contribution in [0.5, 0.6) is 0 Å². The number of nitrogens with zero attached hydrogens (tertiary/aromatic N) is 4. The molecule has 0 unspecified atom stereocenters. The van der Waals surface area contributed by atoms with Crippen LogP contribution in [0, 0.1) is 24.3 Å². The summed E-state index contributed by atoms with van der Waals surface area (Å²) in [5, 5.41) is 0. The molecule has 2 N–H and O–H groups in total. The number of aromatic nitrogens is 4. The van der Waals surface area contributed by atoms with Crippen molar-refractivity contribution >= 4 is 23.3 Å². The van der Waals surface area contributed by atoms with Gasteiger partial charge in [0.1, 0.15) is 6.23 Å². The van der Waals surface area contributed by atoms with Crippen LogP contribution in [0.25, 0.3) is 11.2 Å². The fourth-order valence-electron chi connectivity index (χ4n) is 2.51. The summed E-state index contributed by atoms with van der Waals surface area (Å²) >= 11 is 0. The van der Waals surface area contributed by atoms with Crippen molar-refractivity contribution in [3.63, 3.8) is 0 Å². The molecular weight excluding hydrogens is 277 g/mol. The third-order valence-corrected chi connectivity index (χ3v) is 3.75. The Morgan fingerprint density at radius 2 is 2.43 bits per heavy atom. The van der Waals surface area contributed by atoms with Gasteiger partial charge in [0.05, 0.1) is 6.33 Å². The van der Waals surface area contributed by atoms with E-state index in [0.717, 1.165) is 0 Å². The van der Waals surface area contributed by atoms with Crippen LogP contribution in [0.4, 0.5) is 10.2 Å². The summed E-state index contributed by atoms with van der Waals surface area (Å²) in [6, 6.07) is 0. The number of rotatable bonds is 2. The fourth-order valence-corrected chi connectivity index (χ4v) is 2.51. The summed E-state index contributed by atoms with van der Waals surface area (Å²) in [4.78, 5) is 22.4. The topological polar surface area (TPSA) is 95.9 Å². The summed E-state index contributed by atoms with van der Waals surface area (Å²) in [5.41, 5.74) is 4.79. The minimum absolute atomic E-state index is 0.0547. The van der Waals surface area contributed by atoms with Crippen molar-refractivity contribution in [3.8, 4) is 12.3 Å². The second-order valence-electron chi connectivity index (χ2n) is 4.97. The van der Waals surface area contributed by atoms with E-state index < -0.39 is 17.9 Å². The van der Waals surface area contributed by atoms with Gasteiger partial charge in [-0.1, -0.05) is 12.8 Å². The maximum atomic E-state index is 13.3. The molecule has 0 radical (unpaired) electrons. The number of carbonyl (C=O) groups excluding carboxylic acids is 1. The van der Waals surface area contributed by atoms with Gasteiger partial charge in [0.2, 0.25) is 0 Å². The molecule has 0 spiro atoms. The Labute approximate surface area is 119 Å². The average Bonchev–Trinajstić information content (AvgIpc) is 3.00. The minimum Gasteiger partial charge on any atom is -0.382 e. The highest BCUT2D eigenvalue weighted by Gasteiger charge is 2.46. The monoisotopic (exact) mass is 289 g/mol. The lowest BCUT2D eigenvalue weighted by Crippen LogP contribution is -2.34. The van der Waals surface area contributed by atoms with Crippen molar-refractivity contribution in [2.45, 2.75) is 25.2 Å². The van der Waals surface area contributed by atoms with E-state index in [2.05, 4.69) is 20.9 Å². The van der Waals surface area contributed by atoms with Crippen LogP contribution in [0.2, 0.25) is 0 Å². The Kier molecular flexibility index (Phi) is 2.88. The summed E-state index contributed by atoms with van der Waals surface area (Å²) in [5.74, 6) is 2.14. The first-order chi connectivity index (χ1) is 10.0. The standard InChI is InChI=1S/C13H12FN5O2/c1-3-13(5-20)7(2)4-8(21-13)19-6-16-9-10(15)17-12(14)18-11(9)19/h1,5-8H,4H2,2H3,(H2,15,17,18)/t7-,8+,13+/m0/s1. The molecule has 1 aliphatic rings. The van der Waals surface area contributed by atoms with E-state index in [9.17, 15) is 9.18 Å². The molecule has 7 nitrogen and oxygen atoms in total. The molecule has 8 heteroatoms. The number of imidazole rings is 1. The van der Waals surface area contributed by atoms with Crippen LogP contribution in [-0.4, -0.2) is 31.4 Å². The highest BCUT2D eigenvalue weighted by Crippen LogP contribution is 2.40. The molecule has 3 heterocycles. The fraction of sp³-hybridized carbons (Fsp3) is 0.385. The summed E-state index contributed by atoms with van der Waals surface area (Å²) in [6.45, 7) is 1.82. The van der Waals surface area contributed by atoms with E-state index in [1.54, 1.807) is 0 Å². The largest absolute Gasteiger partial charge is 0.382 e. The van der Waals surface area contributed by atoms with Gasteiger partial charge in [0, 0.05) is 5.92 Å². The van der Waals surface area contributed by atoms with Gasteiger partial charge in [-0.15, -0.1) is 6.42 Å². The number of terminal acetylenes is 1. The number of halogens is 1. The number of hydrogen-bond donors (Lipinski definition) is 1. The molecular formula is C13H12FN5O2. The molecule has 1 saturated heterocycles. The zero-order chi connectivity index (χ0) is 15.2. The van der Waals surface area contributed by atoms with Crippen LogP contribution in [0.3, 0.4) is 0 Å². The summed E-state index contributed by atoms with van der Waals surface area (Å²) in [6.07, 6.45) is 6.39. The van der Waals surface area contributed by atoms with Gasteiger partial charge in [-0.25, -0.2) is 4.98 Å². The lowest BCUT2D eigenvalue weighted by molar-refractivity contribution is -0.128. The molecule has 3 atom stereocenters. The first-order valence-electron chi connectivity index (χ1n) is 6.28. The third kappa shape index (κ3) is 1.86. The SMILES string of the molecule is C#C[C@]1(C=O)O[C@@H](n2cnc3c(N)nc(F)nc32)C[C@@H]1C. The van der Waals surface area contributed by atoms with E-state index in [1.807, 2.05) is 6.92 Å². The van der Waals surface area contributed by atoms with Crippen LogP contribution >= 0.6 is 0 Å². The number of aldehydes is 1. The van der Waals surface area contributed by atoms with E-state index in [-0.39, 0.29) is 22.9 Å². The number of hydrogen-bond acceptors (Lipinski definition) is 6. The Morgan fingerprint density at radius 3 is 3.05 bits per heavy atom. The van der Waals surface area contributed by atoms with E-state index in [4.69, 9.17) is 16.9 Å². The van der Waals surface area contributed by atoms with Gasteiger partial charge in [-0.2, -0.15) is 14.4 Å². The molecule has 21 heavy (non-hydrogen) atoms. The molecule has 0 aromatic carbocycles. The second-order valence-corrected chi connectivity index (χ2v) is 4.97. The van der Waals surface area contributed by atoms with Crippen molar-refractivity contribution in [1.82, 2.24) is 19.5 Å². The van der Waals surface area contributed by atoms with E-state index in [0.29, 0.717) is 12.7 Å². The Bertz CT molecular complexity index is 768. The smallest absolute Gasteiger partial charge is 0.312 e. The lowest BCUT2D eigenvalue weighted by atomic mass is 9.91. The lowest BCUT2D eigenvalue weighted by Gasteiger charge is -2.20. The Balaban J connectivity index is 2.07. The number of ether oxygens (including phenoxy) is 1. The second kappa shape index (κ2) is 4.49. The molecule has 2 aromatic rings. The highest BCUT2D eigenvalue weighted by atomic mass is 19.1. The maximum Gasteiger partial charge on any atom is 0.312 e. The number of anilines is 1. The average molecular weight is 289 g/mol. The van der Waals surface area contributed by atoms with Crippen LogP contribution < -0.4 is 5.73 Å². The number of nitrogen functional groups attached to an aromatic ring is 1. The molecule has 0 bridgehead atoms. The first-order valence-corrected chi connectivity index (χ1v) is 6.28. The van der Waals surface area contributed by atoms with Crippen molar-refractivity contribution in [3.05, 3.63) is 12.4 Å². The Morgan fingerprint density at radius 1 is 1.67 bits per heavy atom. The van der Waals surface area contributed by atoms with Crippen molar-refractivity contribution in [2.75, 3.05) is 5.73 Å². The summed E-state index contributed by atoms with van der Waals surface area (Å²) < 4.78 is 20.5. The predicted octanol–water partition coefficient (Wildman–Crippen LogP) is 0.673. The molecule has 1 aliphatic heterocycles. The maximum absolute atomic E-state index is 13.3. The van der Waals surface area contributed by atoms with Crippen LogP contribution in [-0.2, 0) is 9.53 Å². The van der Waals surface area contributed by atoms with Crippen molar-refractivity contribution in [1.29, 1.82) is 0 Å². The highest BCUT2D eigenvalue weighted by molar-refractivity contribution is 5.81. The third-order valence-electron chi connectivity index (χ3n) is 3.75. The Hall–Kier alpha value is -2.53. The quantitative estimate of drug-likeness (QED) is 0.496. The van der Waals surface area contributed by atoms with Gasteiger partial charge in [-0.05, 0) is 6.42 Å². The molecule has 0 amide bonds. The number of fused-ring (bicyclic) bond motifs is 1. The van der Waals surface area contributed by atoms with Gasteiger partial charge < -0.3 is 10.5 Å². The molecule has 0 saturated carbocycles. The minimum atomic E-state index is -1.29. The van der Waals surface area contributed by atoms with Gasteiger partial charge in [-0.3, -0.25) is 9.36 Å². The van der Waals surface area contributed by atoms with Crippen molar-refractivity contribution < 1.29 is 13.9 Å². The van der Waals surface area contributed by atoms with Gasteiger partial charge in [0.15, 0.2) is 28.9 Å². The van der Waals surface area contributed by atoms with E-state index >= 15 is 0 Å². The van der Waals surface area contributed by atoms with Crippen LogP contribution in [0.1, 0.15) is 19.6 Å². The molecule has 3 rings (SSSR count). The van der Waals surface area contributed by atoms with Gasteiger partial charge in [0.25, 0.3) is 0 Å². The molecule has 0 aliphatic carbocycles. The van der Waals surface area contributed by atoms with E-state index in [1.165, 1.54) is 10.9 Å². The van der Waals surface area contributed by atoms with Crippen LogP contribution in [0.15, 0.2) is 6.33 Å². The van der Waals surface area contributed by atoms with Gasteiger partial charge >= 0.3 is 6.08 Å². The normalized spacial score (nSPS) is 28.6.